The third-order valence-corrected chi connectivity index (χ3v) is 4.44. The first-order valence-corrected chi connectivity index (χ1v) is 8.06. The van der Waals surface area contributed by atoms with E-state index in [0.717, 1.165) is 37.3 Å². The first-order valence-electron chi connectivity index (χ1n) is 8.06. The van der Waals surface area contributed by atoms with Crippen molar-refractivity contribution in [2.24, 2.45) is 5.92 Å². The molecule has 22 heavy (non-hydrogen) atoms. The number of benzene rings is 1. The quantitative estimate of drug-likeness (QED) is 0.899. The smallest absolute Gasteiger partial charge is 0.321 e. The second-order valence-electron chi connectivity index (χ2n) is 6.08. The SMILES string of the molecule is CCN(C)c1cccc(NC(=O)N2CCCC(C(C)O)C2)c1. The molecule has 2 atom stereocenters. The van der Waals surface area contributed by atoms with Crippen LogP contribution in [0.4, 0.5) is 16.2 Å². The van der Waals surface area contributed by atoms with Crippen molar-refractivity contribution in [3.63, 3.8) is 0 Å². The summed E-state index contributed by atoms with van der Waals surface area (Å²) in [6.45, 7) is 6.19. The van der Waals surface area contributed by atoms with Crippen molar-refractivity contribution in [1.29, 1.82) is 0 Å². The second kappa shape index (κ2) is 7.49. The zero-order valence-electron chi connectivity index (χ0n) is 13.7. The van der Waals surface area contributed by atoms with Crippen molar-refractivity contribution in [1.82, 2.24) is 4.90 Å². The van der Waals surface area contributed by atoms with E-state index in [1.165, 1.54) is 0 Å². The zero-order valence-corrected chi connectivity index (χ0v) is 13.7. The molecule has 0 saturated carbocycles. The predicted octanol–water partition coefficient (Wildman–Crippen LogP) is 2.77. The van der Waals surface area contributed by atoms with E-state index in [2.05, 4.69) is 17.1 Å². The summed E-state index contributed by atoms with van der Waals surface area (Å²) >= 11 is 0. The molecule has 1 aliphatic heterocycles. The van der Waals surface area contributed by atoms with Crippen LogP contribution in [0.25, 0.3) is 0 Å². The molecular weight excluding hydrogens is 278 g/mol. The van der Waals surface area contributed by atoms with Crippen LogP contribution in [0.3, 0.4) is 0 Å². The van der Waals surface area contributed by atoms with Crippen molar-refractivity contribution in [2.45, 2.75) is 32.8 Å². The lowest BCUT2D eigenvalue weighted by Gasteiger charge is -2.34. The van der Waals surface area contributed by atoms with E-state index in [4.69, 9.17) is 0 Å². The minimum atomic E-state index is -0.364. The maximum absolute atomic E-state index is 12.4. The Labute approximate surface area is 132 Å². The van der Waals surface area contributed by atoms with Gasteiger partial charge in [-0.3, -0.25) is 0 Å². The van der Waals surface area contributed by atoms with Gasteiger partial charge in [-0.2, -0.15) is 0 Å². The summed E-state index contributed by atoms with van der Waals surface area (Å²) in [4.78, 5) is 16.3. The highest BCUT2D eigenvalue weighted by atomic mass is 16.3. The predicted molar refractivity (Wildman–Crippen MR) is 90.4 cm³/mol. The minimum Gasteiger partial charge on any atom is -0.393 e. The number of urea groups is 1. The topological polar surface area (TPSA) is 55.8 Å². The molecule has 1 heterocycles. The number of nitrogens with one attached hydrogen (secondary N) is 1. The molecule has 0 aliphatic carbocycles. The summed E-state index contributed by atoms with van der Waals surface area (Å²) in [5.74, 6) is 0.178. The molecule has 1 fully saturated rings. The molecule has 2 amide bonds. The Morgan fingerprint density at radius 2 is 2.32 bits per heavy atom. The number of carbonyl (C=O) groups excluding carboxylic acids is 1. The fourth-order valence-corrected chi connectivity index (χ4v) is 2.79. The molecule has 5 nitrogen and oxygen atoms in total. The van der Waals surface area contributed by atoms with Gasteiger partial charge in [-0.15, -0.1) is 0 Å². The van der Waals surface area contributed by atoms with Crippen LogP contribution in [0.15, 0.2) is 24.3 Å². The number of hydrogen-bond acceptors (Lipinski definition) is 3. The maximum Gasteiger partial charge on any atom is 0.321 e. The molecular formula is C17H27N3O2. The molecule has 1 saturated heterocycles. The van der Waals surface area contributed by atoms with Crippen molar-refractivity contribution in [3.8, 4) is 0 Å². The molecule has 5 heteroatoms. The zero-order chi connectivity index (χ0) is 16.1. The first-order chi connectivity index (χ1) is 10.5. The molecule has 1 aromatic rings. The van der Waals surface area contributed by atoms with E-state index in [-0.39, 0.29) is 18.1 Å². The lowest BCUT2D eigenvalue weighted by molar-refractivity contribution is 0.0766. The fourth-order valence-electron chi connectivity index (χ4n) is 2.79. The van der Waals surface area contributed by atoms with Gasteiger partial charge in [-0.05, 0) is 44.9 Å². The Kier molecular flexibility index (Phi) is 5.66. The lowest BCUT2D eigenvalue weighted by Crippen LogP contribution is -2.44. The third kappa shape index (κ3) is 4.13. The number of anilines is 2. The molecule has 2 N–H and O–H groups in total. The lowest BCUT2D eigenvalue weighted by atomic mass is 9.94. The highest BCUT2D eigenvalue weighted by Gasteiger charge is 2.26. The highest BCUT2D eigenvalue weighted by molar-refractivity contribution is 5.90. The van der Waals surface area contributed by atoms with Crippen LogP contribution < -0.4 is 10.2 Å². The van der Waals surface area contributed by atoms with Gasteiger partial charge >= 0.3 is 6.03 Å². The van der Waals surface area contributed by atoms with Gasteiger partial charge in [-0.1, -0.05) is 6.07 Å². The Hall–Kier alpha value is -1.75. The largest absolute Gasteiger partial charge is 0.393 e. The van der Waals surface area contributed by atoms with Crippen molar-refractivity contribution in [3.05, 3.63) is 24.3 Å². The van der Waals surface area contributed by atoms with E-state index in [1.54, 1.807) is 11.8 Å². The van der Waals surface area contributed by atoms with E-state index in [0.29, 0.717) is 6.54 Å². The monoisotopic (exact) mass is 305 g/mol. The molecule has 0 bridgehead atoms. The number of piperidine rings is 1. The molecule has 2 rings (SSSR count). The number of nitrogens with zero attached hydrogens (tertiary/aromatic N) is 2. The van der Waals surface area contributed by atoms with Gasteiger partial charge in [0, 0.05) is 44.0 Å². The third-order valence-electron chi connectivity index (χ3n) is 4.44. The van der Waals surface area contributed by atoms with Gasteiger partial charge in [0.1, 0.15) is 0 Å². The van der Waals surface area contributed by atoms with Gasteiger partial charge in [-0.25, -0.2) is 4.79 Å². The molecule has 0 spiro atoms. The summed E-state index contributed by atoms with van der Waals surface area (Å²) in [7, 11) is 2.03. The standard InChI is InChI=1S/C17H27N3O2/c1-4-19(3)16-9-5-8-15(11-16)18-17(22)20-10-6-7-14(12-20)13(2)21/h5,8-9,11,13-14,21H,4,6-7,10,12H2,1-3H3,(H,18,22). The van der Waals surface area contributed by atoms with E-state index >= 15 is 0 Å². The molecule has 122 valence electrons. The molecule has 2 unspecified atom stereocenters. The summed E-state index contributed by atoms with van der Waals surface area (Å²) < 4.78 is 0. The number of carbonyl (C=O) groups is 1. The first kappa shape index (κ1) is 16.6. The van der Waals surface area contributed by atoms with E-state index < -0.39 is 0 Å². The number of aliphatic hydroxyl groups is 1. The van der Waals surface area contributed by atoms with Gasteiger partial charge in [0.25, 0.3) is 0 Å². The van der Waals surface area contributed by atoms with Gasteiger partial charge < -0.3 is 20.2 Å². The molecule has 0 radical (unpaired) electrons. The minimum absolute atomic E-state index is 0.0818. The summed E-state index contributed by atoms with van der Waals surface area (Å²) in [6.07, 6.45) is 1.57. The molecule has 1 aromatic carbocycles. The number of likely N-dealkylation sites (tertiary alicyclic amines) is 1. The van der Waals surface area contributed by atoms with Gasteiger partial charge in [0.05, 0.1) is 6.10 Å². The maximum atomic E-state index is 12.4. The summed E-state index contributed by atoms with van der Waals surface area (Å²) in [5, 5.41) is 12.7. The van der Waals surface area contributed by atoms with Crippen molar-refractivity contribution in [2.75, 3.05) is 36.9 Å². The number of rotatable bonds is 4. The Morgan fingerprint density at radius 1 is 1.55 bits per heavy atom. The molecule has 0 aromatic heterocycles. The average Bonchev–Trinajstić information content (AvgIpc) is 2.54. The second-order valence-corrected chi connectivity index (χ2v) is 6.08. The van der Waals surface area contributed by atoms with E-state index in [1.807, 2.05) is 31.3 Å². The summed E-state index contributed by atoms with van der Waals surface area (Å²) in [5.41, 5.74) is 1.89. The normalized spacial score (nSPS) is 19.6. The van der Waals surface area contributed by atoms with Crippen LogP contribution in [-0.4, -0.2) is 48.8 Å². The van der Waals surface area contributed by atoms with Crippen LogP contribution in [0.5, 0.6) is 0 Å². The van der Waals surface area contributed by atoms with Crippen molar-refractivity contribution < 1.29 is 9.90 Å². The number of aliphatic hydroxyl groups excluding tert-OH is 1. The van der Waals surface area contributed by atoms with Crippen LogP contribution >= 0.6 is 0 Å². The average molecular weight is 305 g/mol. The van der Waals surface area contributed by atoms with Gasteiger partial charge in [0.2, 0.25) is 0 Å². The fraction of sp³-hybridized carbons (Fsp3) is 0.588. The highest BCUT2D eigenvalue weighted by Crippen LogP contribution is 2.22. The molecule has 1 aliphatic rings. The van der Waals surface area contributed by atoms with Crippen LogP contribution in [-0.2, 0) is 0 Å². The summed E-state index contributed by atoms with van der Waals surface area (Å²) in [6, 6.07) is 7.79. The van der Waals surface area contributed by atoms with Gasteiger partial charge in [0.15, 0.2) is 0 Å². The Morgan fingerprint density at radius 3 is 3.00 bits per heavy atom. The van der Waals surface area contributed by atoms with Crippen molar-refractivity contribution >= 4 is 17.4 Å². The Balaban J connectivity index is 1.99. The van der Waals surface area contributed by atoms with Crippen LogP contribution in [0.1, 0.15) is 26.7 Å². The van der Waals surface area contributed by atoms with Crippen LogP contribution in [0.2, 0.25) is 0 Å². The number of hydrogen-bond donors (Lipinski definition) is 2. The van der Waals surface area contributed by atoms with Crippen LogP contribution in [0, 0.1) is 5.92 Å². The Bertz CT molecular complexity index is 504. The number of amides is 2. The van der Waals surface area contributed by atoms with E-state index in [9.17, 15) is 9.90 Å².